The van der Waals surface area contributed by atoms with Gasteiger partial charge in [0.05, 0.1) is 16.8 Å². The minimum atomic E-state index is -0.691. The van der Waals surface area contributed by atoms with Crippen LogP contribution >= 0.6 is 23.1 Å². The zero-order valence-corrected chi connectivity index (χ0v) is 23.6. The molecule has 1 saturated heterocycles. The van der Waals surface area contributed by atoms with E-state index in [1.807, 2.05) is 26.8 Å². The maximum Gasteiger partial charge on any atom is 0.409 e. The summed E-state index contributed by atoms with van der Waals surface area (Å²) >= 11 is 8.29. The molecular weight excluding hydrogens is 534 g/mol. The Hall–Kier alpha value is -2.88. The summed E-state index contributed by atoms with van der Waals surface area (Å²) in [6.07, 6.45) is -0.133. The Morgan fingerprint density at radius 1 is 1.18 bits per heavy atom. The SMILES string of the molecule is C.CCNC(=O)OC(C(C)C)N1C(=O)Cc2cc(CCN3CCN(c4nsc5ccccc45)CC3)c(Cl)cc21. The first-order valence-corrected chi connectivity index (χ1v) is 14.4. The smallest absolute Gasteiger partial charge is 0.409 e. The van der Waals surface area contributed by atoms with Crippen LogP contribution in [0.15, 0.2) is 36.4 Å². The second-order valence-corrected chi connectivity index (χ2v) is 11.4. The lowest BCUT2D eigenvalue weighted by Gasteiger charge is -2.35. The van der Waals surface area contributed by atoms with Crippen molar-refractivity contribution in [2.75, 3.05) is 49.1 Å². The number of rotatable bonds is 8. The molecule has 2 aromatic carbocycles. The van der Waals surface area contributed by atoms with E-state index >= 15 is 0 Å². The van der Waals surface area contributed by atoms with E-state index in [-0.39, 0.29) is 25.7 Å². The topological polar surface area (TPSA) is 78.0 Å². The normalized spacial score (nSPS) is 16.4. The Balaban J connectivity index is 0.00000353. The van der Waals surface area contributed by atoms with Crippen LogP contribution in [-0.2, 0) is 22.4 Å². The number of benzene rings is 2. The van der Waals surface area contributed by atoms with Crippen molar-refractivity contribution in [1.82, 2.24) is 14.6 Å². The van der Waals surface area contributed by atoms with Crippen LogP contribution < -0.4 is 15.1 Å². The lowest BCUT2D eigenvalue weighted by Crippen LogP contribution is -2.47. The van der Waals surface area contributed by atoms with Gasteiger partial charge >= 0.3 is 6.09 Å². The van der Waals surface area contributed by atoms with Crippen LogP contribution in [0.1, 0.15) is 39.3 Å². The first-order chi connectivity index (χ1) is 18.4. The summed E-state index contributed by atoms with van der Waals surface area (Å²) in [6, 6.07) is 12.3. The molecule has 3 aromatic rings. The van der Waals surface area contributed by atoms with E-state index in [1.54, 1.807) is 16.4 Å². The number of carbonyl (C=O) groups is 2. The molecule has 210 valence electrons. The molecule has 8 nitrogen and oxygen atoms in total. The molecule has 0 aliphatic carbocycles. The second kappa shape index (κ2) is 12.5. The first kappa shape index (κ1) is 29.1. The molecule has 5 rings (SSSR count). The fraction of sp³-hybridized carbons (Fsp3) is 0.483. The highest BCUT2D eigenvalue weighted by Gasteiger charge is 2.37. The number of nitrogens with one attached hydrogen (secondary N) is 1. The maximum absolute atomic E-state index is 13.0. The molecule has 0 bridgehead atoms. The number of anilines is 2. The van der Waals surface area contributed by atoms with Crippen LogP contribution in [0.4, 0.5) is 16.3 Å². The van der Waals surface area contributed by atoms with Crippen LogP contribution in [0, 0.1) is 5.92 Å². The molecule has 1 atom stereocenters. The summed E-state index contributed by atoms with van der Waals surface area (Å²) in [5, 5.41) is 4.51. The monoisotopic (exact) mass is 571 g/mol. The summed E-state index contributed by atoms with van der Waals surface area (Å²) < 4.78 is 11.6. The number of amides is 2. The third-order valence-corrected chi connectivity index (χ3v) is 8.39. The molecular formula is C29H38ClN5O3S. The average molecular weight is 572 g/mol. The van der Waals surface area contributed by atoms with E-state index in [2.05, 4.69) is 45.4 Å². The van der Waals surface area contributed by atoms with Crippen LogP contribution in [0.2, 0.25) is 5.02 Å². The molecule has 0 radical (unpaired) electrons. The van der Waals surface area contributed by atoms with Crippen molar-refractivity contribution in [3.05, 3.63) is 52.5 Å². The standard InChI is InChI=1S/C28H34ClN5O3S.CH4/c1-4-30-28(36)37-27(18(2)3)34-23-17-22(29)19(15-20(23)16-25(34)35)9-10-32-11-13-33(14-12-32)26-21-7-5-6-8-24(21)38-31-26;/h5-8,15,17-18,27H,4,9-14,16H2,1-3H3,(H,30,36);1H4. The summed E-state index contributed by atoms with van der Waals surface area (Å²) in [5.41, 5.74) is 2.70. The van der Waals surface area contributed by atoms with E-state index in [4.69, 9.17) is 20.7 Å². The number of alkyl carbamates (subject to hydrolysis) is 1. The molecule has 1 unspecified atom stereocenters. The van der Waals surface area contributed by atoms with Crippen LogP contribution in [0.5, 0.6) is 0 Å². The Morgan fingerprint density at radius 3 is 2.64 bits per heavy atom. The number of fused-ring (bicyclic) bond motifs is 2. The highest BCUT2D eigenvalue weighted by molar-refractivity contribution is 7.13. The lowest BCUT2D eigenvalue weighted by atomic mass is 10.0. The molecule has 2 amide bonds. The molecule has 2 aliphatic heterocycles. The number of aromatic nitrogens is 1. The minimum Gasteiger partial charge on any atom is -0.425 e. The number of hydrogen-bond acceptors (Lipinski definition) is 7. The predicted molar refractivity (Wildman–Crippen MR) is 160 cm³/mol. The molecule has 3 heterocycles. The van der Waals surface area contributed by atoms with Crippen molar-refractivity contribution >= 4 is 56.7 Å². The van der Waals surface area contributed by atoms with Crippen molar-refractivity contribution in [3.63, 3.8) is 0 Å². The molecule has 39 heavy (non-hydrogen) atoms. The van der Waals surface area contributed by atoms with Gasteiger partial charge in [-0.25, -0.2) is 4.79 Å². The van der Waals surface area contributed by atoms with Gasteiger partial charge in [0.25, 0.3) is 0 Å². The van der Waals surface area contributed by atoms with Crippen molar-refractivity contribution in [2.45, 2.75) is 47.3 Å². The van der Waals surface area contributed by atoms with Crippen LogP contribution in [0.3, 0.4) is 0 Å². The van der Waals surface area contributed by atoms with Crippen LogP contribution in [-0.4, -0.2) is 66.8 Å². The van der Waals surface area contributed by atoms with Crippen molar-refractivity contribution in [1.29, 1.82) is 0 Å². The third kappa shape index (κ3) is 6.15. The highest BCUT2D eigenvalue weighted by Crippen LogP contribution is 2.37. The second-order valence-electron chi connectivity index (χ2n) is 10.2. The van der Waals surface area contributed by atoms with Gasteiger partial charge in [0.1, 0.15) is 5.82 Å². The number of ether oxygens (including phenoxy) is 1. The first-order valence-electron chi connectivity index (χ1n) is 13.2. The van der Waals surface area contributed by atoms with Gasteiger partial charge in [-0.15, -0.1) is 0 Å². The molecule has 1 N–H and O–H groups in total. The van der Waals surface area contributed by atoms with Gasteiger partial charge < -0.3 is 15.0 Å². The fourth-order valence-electron chi connectivity index (χ4n) is 5.22. The molecule has 2 aliphatic rings. The maximum atomic E-state index is 13.0. The zero-order chi connectivity index (χ0) is 26.8. The summed E-state index contributed by atoms with van der Waals surface area (Å²) in [6.45, 7) is 10.9. The number of halogens is 1. The lowest BCUT2D eigenvalue weighted by molar-refractivity contribution is -0.119. The third-order valence-electron chi connectivity index (χ3n) is 7.22. The van der Waals surface area contributed by atoms with E-state index in [9.17, 15) is 9.59 Å². The Morgan fingerprint density at radius 2 is 1.92 bits per heavy atom. The predicted octanol–water partition coefficient (Wildman–Crippen LogP) is 5.57. The number of hydrogen-bond donors (Lipinski definition) is 1. The van der Waals surface area contributed by atoms with Gasteiger partial charge in [0.2, 0.25) is 5.91 Å². The van der Waals surface area contributed by atoms with E-state index < -0.39 is 12.3 Å². The number of piperazine rings is 1. The minimum absolute atomic E-state index is 0. The van der Waals surface area contributed by atoms with Gasteiger partial charge in [0, 0.05) is 55.6 Å². The van der Waals surface area contributed by atoms with E-state index in [0.717, 1.165) is 61.8 Å². The van der Waals surface area contributed by atoms with Gasteiger partial charge in [-0.1, -0.05) is 51.1 Å². The van der Waals surface area contributed by atoms with E-state index in [1.165, 1.54) is 10.1 Å². The van der Waals surface area contributed by atoms with Gasteiger partial charge in [0.15, 0.2) is 6.23 Å². The van der Waals surface area contributed by atoms with Gasteiger partial charge in [-0.2, -0.15) is 4.37 Å². The molecule has 0 saturated carbocycles. The fourth-order valence-corrected chi connectivity index (χ4v) is 6.27. The quantitative estimate of drug-likeness (QED) is 0.381. The molecule has 0 spiro atoms. The van der Waals surface area contributed by atoms with Gasteiger partial charge in [-0.3, -0.25) is 14.6 Å². The number of nitrogens with zero attached hydrogens (tertiary/aromatic N) is 4. The molecule has 1 aromatic heterocycles. The molecule has 1 fully saturated rings. The summed E-state index contributed by atoms with van der Waals surface area (Å²) in [4.78, 5) is 31.6. The van der Waals surface area contributed by atoms with Crippen molar-refractivity contribution in [3.8, 4) is 0 Å². The number of carbonyl (C=O) groups excluding carboxylic acids is 2. The molecule has 10 heteroatoms. The van der Waals surface area contributed by atoms with Crippen molar-refractivity contribution < 1.29 is 14.3 Å². The highest BCUT2D eigenvalue weighted by atomic mass is 35.5. The van der Waals surface area contributed by atoms with Crippen LogP contribution in [0.25, 0.3) is 10.1 Å². The zero-order valence-electron chi connectivity index (χ0n) is 22.1. The Bertz CT molecular complexity index is 1320. The van der Waals surface area contributed by atoms with E-state index in [0.29, 0.717) is 11.6 Å². The average Bonchev–Trinajstić information content (AvgIpc) is 3.46. The van der Waals surface area contributed by atoms with Crippen molar-refractivity contribution in [2.24, 2.45) is 5.92 Å². The summed E-state index contributed by atoms with van der Waals surface area (Å²) in [5.74, 6) is 0.936. The van der Waals surface area contributed by atoms with Gasteiger partial charge in [-0.05, 0) is 54.2 Å². The largest absolute Gasteiger partial charge is 0.425 e. The summed E-state index contributed by atoms with van der Waals surface area (Å²) in [7, 11) is 0. The Kier molecular flexibility index (Phi) is 9.35. The Labute approximate surface area is 240 Å².